The van der Waals surface area contributed by atoms with Crippen molar-refractivity contribution in [3.8, 4) is 0 Å². The lowest BCUT2D eigenvalue weighted by Crippen LogP contribution is -1.81. The zero-order valence-corrected chi connectivity index (χ0v) is 11.1. The molecule has 0 N–H and O–H groups in total. The average molecular weight is 272 g/mol. The zero-order chi connectivity index (χ0) is 12.4. The fourth-order valence-electron chi connectivity index (χ4n) is 1.79. The van der Waals surface area contributed by atoms with Crippen LogP contribution in [0.15, 0.2) is 70.6 Å². The molecule has 18 heavy (non-hydrogen) atoms. The summed E-state index contributed by atoms with van der Waals surface area (Å²) in [5.74, 6) is 0. The molecule has 0 spiro atoms. The molecule has 0 saturated carbocycles. The zero-order valence-electron chi connectivity index (χ0n) is 9.51. The number of halogens is 1. The van der Waals surface area contributed by atoms with Crippen molar-refractivity contribution in [3.63, 3.8) is 0 Å². The molecule has 3 aromatic rings. The largest absolute Gasteiger partial charge is 0.255 e. The molecule has 3 heteroatoms. The highest BCUT2D eigenvalue weighted by Crippen LogP contribution is 2.32. The van der Waals surface area contributed by atoms with Gasteiger partial charge in [0.25, 0.3) is 0 Å². The Morgan fingerprint density at radius 3 is 2.50 bits per heavy atom. The molecule has 3 rings (SSSR count). The first kappa shape index (κ1) is 11.6. The first-order valence-corrected chi connectivity index (χ1v) is 6.79. The summed E-state index contributed by atoms with van der Waals surface area (Å²) in [6.07, 6.45) is 1.83. The van der Waals surface area contributed by atoms with Crippen LogP contribution in [0.3, 0.4) is 0 Å². The third-order valence-corrected chi connectivity index (χ3v) is 3.95. The van der Waals surface area contributed by atoms with E-state index in [-0.39, 0.29) is 0 Å². The van der Waals surface area contributed by atoms with Crippen molar-refractivity contribution < 1.29 is 0 Å². The molecule has 0 unspecified atom stereocenters. The molecule has 0 aliphatic carbocycles. The van der Waals surface area contributed by atoms with E-state index < -0.39 is 0 Å². The lowest BCUT2D eigenvalue weighted by molar-refractivity contribution is 1.34. The summed E-state index contributed by atoms with van der Waals surface area (Å²) in [7, 11) is 0. The van der Waals surface area contributed by atoms with Gasteiger partial charge in [-0.25, -0.2) is 0 Å². The normalized spacial score (nSPS) is 10.7. The van der Waals surface area contributed by atoms with Gasteiger partial charge in [-0.15, -0.1) is 0 Å². The van der Waals surface area contributed by atoms with E-state index in [1.807, 2.05) is 36.5 Å². The van der Waals surface area contributed by atoms with E-state index in [1.54, 1.807) is 11.8 Å². The highest BCUT2D eigenvalue weighted by Gasteiger charge is 2.03. The van der Waals surface area contributed by atoms with Crippen molar-refractivity contribution >= 4 is 34.3 Å². The van der Waals surface area contributed by atoms with Gasteiger partial charge in [0.15, 0.2) is 0 Å². The quantitative estimate of drug-likeness (QED) is 0.648. The minimum Gasteiger partial charge on any atom is -0.255 e. The van der Waals surface area contributed by atoms with Gasteiger partial charge in [-0.3, -0.25) is 4.98 Å². The Kier molecular flexibility index (Phi) is 3.22. The monoisotopic (exact) mass is 271 g/mol. The third-order valence-electron chi connectivity index (χ3n) is 2.64. The maximum Gasteiger partial charge on any atom is 0.0841 e. The van der Waals surface area contributed by atoms with E-state index in [2.05, 4.69) is 29.2 Å². The van der Waals surface area contributed by atoms with Crippen LogP contribution in [0.5, 0.6) is 0 Å². The molecular weight excluding hydrogens is 262 g/mol. The number of hydrogen-bond acceptors (Lipinski definition) is 2. The fraction of sp³-hybridized carbons (Fsp3) is 0. The van der Waals surface area contributed by atoms with Gasteiger partial charge in [0.1, 0.15) is 0 Å². The van der Waals surface area contributed by atoms with Gasteiger partial charge in [-0.2, -0.15) is 0 Å². The van der Waals surface area contributed by atoms with Crippen molar-refractivity contribution in [3.05, 3.63) is 65.8 Å². The summed E-state index contributed by atoms with van der Waals surface area (Å²) in [6.45, 7) is 0. The molecule has 0 fully saturated rings. The highest BCUT2D eigenvalue weighted by atomic mass is 35.5. The molecule has 2 aromatic carbocycles. The van der Waals surface area contributed by atoms with E-state index in [0.29, 0.717) is 0 Å². The summed E-state index contributed by atoms with van der Waals surface area (Å²) < 4.78 is 0. The predicted octanol–water partition coefficient (Wildman–Crippen LogP) is 5.04. The molecule has 1 nitrogen and oxygen atoms in total. The van der Waals surface area contributed by atoms with Crippen LogP contribution in [-0.4, -0.2) is 4.98 Å². The summed E-state index contributed by atoms with van der Waals surface area (Å²) in [6, 6.07) is 18.1. The van der Waals surface area contributed by atoms with Crippen LogP contribution in [0.2, 0.25) is 5.02 Å². The fourth-order valence-corrected chi connectivity index (χ4v) is 2.85. The van der Waals surface area contributed by atoms with E-state index in [1.165, 1.54) is 0 Å². The Hall–Kier alpha value is -1.51. The topological polar surface area (TPSA) is 12.9 Å². The Labute approximate surface area is 115 Å². The number of hydrogen-bond donors (Lipinski definition) is 0. The lowest BCUT2D eigenvalue weighted by atomic mass is 10.2. The second kappa shape index (κ2) is 5.01. The summed E-state index contributed by atoms with van der Waals surface area (Å²) in [5, 5.41) is 1.92. The second-order valence-electron chi connectivity index (χ2n) is 3.89. The molecule has 0 bridgehead atoms. The van der Waals surface area contributed by atoms with Gasteiger partial charge >= 0.3 is 0 Å². The third kappa shape index (κ3) is 2.35. The predicted molar refractivity (Wildman–Crippen MR) is 77.3 cm³/mol. The molecule has 1 heterocycles. The first-order valence-electron chi connectivity index (χ1n) is 5.60. The molecule has 0 aliphatic heterocycles. The Balaban J connectivity index is 2.02. The van der Waals surface area contributed by atoms with Crippen molar-refractivity contribution in [2.45, 2.75) is 9.79 Å². The average Bonchev–Trinajstić information content (AvgIpc) is 2.42. The molecular formula is C15H10ClNS. The van der Waals surface area contributed by atoms with Crippen LogP contribution >= 0.6 is 23.4 Å². The van der Waals surface area contributed by atoms with Crippen molar-refractivity contribution in [1.29, 1.82) is 0 Å². The Morgan fingerprint density at radius 2 is 1.67 bits per heavy atom. The maximum atomic E-state index is 5.89. The minimum absolute atomic E-state index is 0.760. The van der Waals surface area contributed by atoms with Crippen LogP contribution in [-0.2, 0) is 0 Å². The van der Waals surface area contributed by atoms with Gasteiger partial charge in [0, 0.05) is 26.4 Å². The SMILES string of the molecule is Clc1ccc(Sc2cccc3cccnc23)cc1. The summed E-state index contributed by atoms with van der Waals surface area (Å²) >= 11 is 7.59. The minimum atomic E-state index is 0.760. The molecule has 0 saturated heterocycles. The molecule has 0 amide bonds. The van der Waals surface area contributed by atoms with Gasteiger partial charge in [0.2, 0.25) is 0 Å². The molecule has 88 valence electrons. The highest BCUT2D eigenvalue weighted by molar-refractivity contribution is 7.99. The smallest absolute Gasteiger partial charge is 0.0841 e. The molecule has 0 aliphatic rings. The number of para-hydroxylation sites is 1. The number of fused-ring (bicyclic) bond motifs is 1. The Morgan fingerprint density at radius 1 is 0.889 bits per heavy atom. The second-order valence-corrected chi connectivity index (χ2v) is 5.44. The van der Waals surface area contributed by atoms with Crippen molar-refractivity contribution in [2.24, 2.45) is 0 Å². The van der Waals surface area contributed by atoms with Gasteiger partial charge in [-0.1, -0.05) is 41.6 Å². The number of aromatic nitrogens is 1. The van der Waals surface area contributed by atoms with E-state index in [4.69, 9.17) is 11.6 Å². The number of rotatable bonds is 2. The van der Waals surface area contributed by atoms with E-state index in [9.17, 15) is 0 Å². The van der Waals surface area contributed by atoms with E-state index in [0.717, 1.165) is 25.7 Å². The molecule has 1 aromatic heterocycles. The van der Waals surface area contributed by atoms with Crippen molar-refractivity contribution in [2.75, 3.05) is 0 Å². The van der Waals surface area contributed by atoms with Crippen LogP contribution in [0.25, 0.3) is 10.9 Å². The van der Waals surface area contributed by atoms with Crippen molar-refractivity contribution in [1.82, 2.24) is 4.98 Å². The number of pyridine rings is 1. The molecule has 0 radical (unpaired) electrons. The summed E-state index contributed by atoms with van der Waals surface area (Å²) in [5.41, 5.74) is 1.04. The van der Waals surface area contributed by atoms with Gasteiger partial charge in [0.05, 0.1) is 5.52 Å². The van der Waals surface area contributed by atoms with Crippen LogP contribution in [0.1, 0.15) is 0 Å². The van der Waals surface area contributed by atoms with E-state index >= 15 is 0 Å². The van der Waals surface area contributed by atoms with Crippen LogP contribution in [0.4, 0.5) is 0 Å². The summed E-state index contributed by atoms with van der Waals surface area (Å²) in [4.78, 5) is 6.77. The van der Waals surface area contributed by atoms with Crippen LogP contribution in [0, 0.1) is 0 Å². The van der Waals surface area contributed by atoms with Gasteiger partial charge in [-0.05, 0) is 36.4 Å². The number of nitrogens with zero attached hydrogens (tertiary/aromatic N) is 1. The standard InChI is InChI=1S/C15H10ClNS/c16-12-6-8-13(9-7-12)18-14-5-1-3-11-4-2-10-17-15(11)14/h1-10H. The maximum absolute atomic E-state index is 5.89. The lowest BCUT2D eigenvalue weighted by Gasteiger charge is -2.05. The van der Waals surface area contributed by atoms with Gasteiger partial charge < -0.3 is 0 Å². The first-order chi connectivity index (χ1) is 8.83. The Bertz CT molecular complexity index is 674. The van der Waals surface area contributed by atoms with Crippen LogP contribution < -0.4 is 0 Å². The number of benzene rings is 2. The molecule has 0 atom stereocenters.